The Morgan fingerprint density at radius 1 is 0.423 bits per heavy atom. The molecule has 12 rings (SSSR count). The molecule has 0 aliphatic heterocycles. The van der Waals surface area contributed by atoms with Crippen molar-refractivity contribution in [2.45, 2.75) is 0 Å². The molecule has 0 radical (unpaired) electrons. The molecule has 0 saturated carbocycles. The molecule has 38 heteroatoms. The Balaban J connectivity index is 0.000000167. The Labute approximate surface area is 560 Å². The van der Waals surface area contributed by atoms with Crippen LogP contribution in [0.3, 0.4) is 0 Å². The summed E-state index contributed by atoms with van der Waals surface area (Å²) in [5.41, 5.74) is 41.1. The number of carbonyl (C=O) groups is 5. The van der Waals surface area contributed by atoms with Crippen molar-refractivity contribution in [2.75, 3.05) is 62.8 Å². The van der Waals surface area contributed by atoms with Crippen LogP contribution in [-0.4, -0.2) is 153 Å². The maximum Gasteiger partial charge on any atom is 0.360 e. The minimum atomic E-state index is -0.610. The van der Waals surface area contributed by atoms with E-state index in [0.717, 1.165) is 27.1 Å². The first-order valence-electron chi connectivity index (χ1n) is 27.1. The van der Waals surface area contributed by atoms with Crippen LogP contribution in [-0.2, 0) is 18.9 Å². The molecule has 0 atom stereocenters. The largest absolute Gasteiger partial charge is 0.464 e. The van der Waals surface area contributed by atoms with Crippen LogP contribution >= 0.6 is 27.3 Å². The Hall–Kier alpha value is -13.5. The number of nitrogens with two attached hydrogens (primary N) is 7. The second-order valence-corrected chi connectivity index (χ2v) is 19.8. The smallest absolute Gasteiger partial charge is 0.360 e. The number of rotatable bonds is 11. The van der Waals surface area contributed by atoms with Crippen LogP contribution in [0.4, 0.5) is 34.9 Å². The number of methoxy groups -OCH3 is 4. The zero-order valence-electron chi connectivity index (χ0n) is 51.1. The molecule has 12 aromatic rings. The average molecular weight is 1400 g/mol. The molecule has 0 aromatic carbocycles. The zero-order chi connectivity index (χ0) is 69.8. The van der Waals surface area contributed by atoms with E-state index in [-0.39, 0.29) is 63.4 Å². The van der Waals surface area contributed by atoms with E-state index in [1.54, 1.807) is 91.4 Å². The van der Waals surface area contributed by atoms with E-state index in [4.69, 9.17) is 40.2 Å². The number of carbonyl (C=O) groups excluding carboxylic acids is 5. The highest BCUT2D eigenvalue weighted by molar-refractivity contribution is 9.10. The summed E-state index contributed by atoms with van der Waals surface area (Å²) in [7, 11) is 5.04. The number of aromatic nitrogens is 19. The Bertz CT molecular complexity index is 4380. The van der Waals surface area contributed by atoms with Gasteiger partial charge in [-0.1, -0.05) is 6.07 Å². The van der Waals surface area contributed by atoms with E-state index in [1.807, 2.05) is 47.2 Å². The fraction of sp³-hybridized carbons (Fsp3) is 0.0678. The summed E-state index contributed by atoms with van der Waals surface area (Å²) in [6.45, 7) is 0. The lowest BCUT2D eigenvalue weighted by molar-refractivity contribution is 0.0586. The first-order valence-corrected chi connectivity index (χ1v) is 28.8. The number of hydrazine groups is 1. The molecular formula is C59H54BrN27O9S. The van der Waals surface area contributed by atoms with Gasteiger partial charge in [-0.15, -0.1) is 11.3 Å². The minimum absolute atomic E-state index is 0.00569. The SMILES string of the molecule is COC(=O)c1nc(-c2cccnc2)cnc1N.COC(=O)c1nc(-c2cccnc2)cnc1N.COC(=O)c1nc(Br)cnc1N.COC(=O)c1nccnc1N.NNC(=O)c1nc(-c2cccnc2)cnc1N.Nc1ncc(-c2cccnc2)nc1-c1n[nH]c(-c2cccs2)n1. The van der Waals surface area contributed by atoms with Gasteiger partial charge in [0.25, 0.3) is 5.91 Å². The summed E-state index contributed by atoms with van der Waals surface area (Å²) >= 11 is 4.64. The van der Waals surface area contributed by atoms with Crippen LogP contribution in [0.2, 0.25) is 0 Å². The Morgan fingerprint density at radius 2 is 0.804 bits per heavy atom. The molecule has 12 aromatic heterocycles. The lowest BCUT2D eigenvalue weighted by Crippen LogP contribution is -2.31. The highest BCUT2D eigenvalue weighted by Crippen LogP contribution is 2.27. The topological polar surface area (TPSA) is 564 Å². The second kappa shape index (κ2) is 35.4. The van der Waals surface area contributed by atoms with E-state index < -0.39 is 29.8 Å². The molecule has 0 aliphatic rings. The number of aromatic amines is 1. The number of thiophene rings is 1. The maximum absolute atomic E-state index is 11.4. The van der Waals surface area contributed by atoms with Crippen LogP contribution < -0.4 is 45.7 Å². The van der Waals surface area contributed by atoms with Gasteiger partial charge in [0.2, 0.25) is 5.82 Å². The summed E-state index contributed by atoms with van der Waals surface area (Å²) in [6.07, 6.45) is 23.5. The third-order valence-electron chi connectivity index (χ3n) is 11.8. The third-order valence-corrected chi connectivity index (χ3v) is 13.1. The number of nitrogen functional groups attached to an aromatic ring is 7. The summed E-state index contributed by atoms with van der Waals surface area (Å²) in [6, 6.07) is 18.4. The van der Waals surface area contributed by atoms with Gasteiger partial charge in [0.1, 0.15) is 4.60 Å². The van der Waals surface area contributed by atoms with Gasteiger partial charge < -0.3 is 53.3 Å². The number of anilines is 6. The lowest BCUT2D eigenvalue weighted by atomic mass is 10.2. The number of esters is 4. The molecule has 12 heterocycles. The minimum Gasteiger partial charge on any atom is -0.464 e. The Morgan fingerprint density at radius 3 is 1.21 bits per heavy atom. The zero-order valence-corrected chi connectivity index (χ0v) is 53.5. The molecule has 492 valence electrons. The van der Waals surface area contributed by atoms with E-state index in [2.05, 4.69) is 130 Å². The van der Waals surface area contributed by atoms with Gasteiger partial charge in [-0.2, -0.15) is 5.10 Å². The van der Waals surface area contributed by atoms with Crippen LogP contribution in [0, 0.1) is 0 Å². The van der Waals surface area contributed by atoms with Gasteiger partial charge in [0.05, 0.1) is 87.1 Å². The van der Waals surface area contributed by atoms with E-state index in [0.29, 0.717) is 44.7 Å². The number of halogens is 1. The molecule has 0 unspecified atom stereocenters. The summed E-state index contributed by atoms with van der Waals surface area (Å²) in [4.78, 5) is 125. The summed E-state index contributed by atoms with van der Waals surface area (Å²) in [5.74, 6) is 3.71. The van der Waals surface area contributed by atoms with Crippen LogP contribution in [0.15, 0.2) is 164 Å². The van der Waals surface area contributed by atoms with Gasteiger partial charge in [0, 0.05) is 84.2 Å². The second-order valence-electron chi connectivity index (χ2n) is 18.1. The summed E-state index contributed by atoms with van der Waals surface area (Å²) in [5, 5.41) is 9.10. The van der Waals surface area contributed by atoms with Crippen molar-refractivity contribution < 1.29 is 42.9 Å². The number of hydrogen-bond donors (Lipinski definition) is 9. The molecule has 1 amide bonds. The van der Waals surface area contributed by atoms with Crippen molar-refractivity contribution in [3.05, 3.63) is 192 Å². The van der Waals surface area contributed by atoms with Crippen molar-refractivity contribution in [3.8, 4) is 67.2 Å². The van der Waals surface area contributed by atoms with Crippen LogP contribution in [0.5, 0.6) is 0 Å². The van der Waals surface area contributed by atoms with Crippen molar-refractivity contribution in [3.63, 3.8) is 0 Å². The van der Waals surface area contributed by atoms with Crippen molar-refractivity contribution >= 4 is 92.0 Å². The van der Waals surface area contributed by atoms with Crippen molar-refractivity contribution in [1.29, 1.82) is 0 Å². The van der Waals surface area contributed by atoms with Crippen molar-refractivity contribution in [1.82, 2.24) is 100 Å². The Kier molecular flexibility index (Phi) is 25.9. The first-order chi connectivity index (χ1) is 46.9. The first kappa shape index (κ1) is 71.0. The average Bonchev–Trinajstić information content (AvgIpc) is 1.93. The fourth-order valence-electron chi connectivity index (χ4n) is 7.22. The van der Waals surface area contributed by atoms with Crippen molar-refractivity contribution in [2.24, 2.45) is 5.84 Å². The molecule has 0 aliphatic carbocycles. The number of H-pyrrole nitrogens is 1. The fourth-order valence-corrected chi connectivity index (χ4v) is 8.16. The number of hydrogen-bond acceptors (Lipinski definition) is 35. The predicted octanol–water partition coefficient (Wildman–Crippen LogP) is 4.63. The highest BCUT2D eigenvalue weighted by atomic mass is 79.9. The molecule has 36 nitrogen and oxygen atoms in total. The monoisotopic (exact) mass is 1400 g/mol. The number of ether oxygens (including phenoxy) is 4. The molecule has 0 bridgehead atoms. The van der Waals surface area contributed by atoms with Gasteiger partial charge in [-0.05, 0) is 75.9 Å². The third kappa shape index (κ3) is 19.8. The molecule has 97 heavy (non-hydrogen) atoms. The number of nitrogens with zero attached hydrogens (tertiary/aromatic N) is 18. The predicted molar refractivity (Wildman–Crippen MR) is 355 cm³/mol. The van der Waals surface area contributed by atoms with Crippen LogP contribution in [0.25, 0.3) is 67.2 Å². The normalized spacial score (nSPS) is 10.0. The van der Waals surface area contributed by atoms with E-state index >= 15 is 0 Å². The standard InChI is InChI=1S/C15H11N7S.2C11H10N4O2.C10H10N6O.C6H6BrN3O2.C6H7N3O2/c16-13-12(15-20-14(21-22-15)11-4-2-6-23-11)19-10(8-18-13)9-3-1-5-17-7-9;2*1-17-11(16)9-10(12)14-6-8(15-9)7-3-2-4-13-5-7;11-9-8(10(17)16-12)15-7(5-14-9)6-2-1-3-13-4-6;1-12-6(11)4-5(8)9-2-3(7)10-4;1-11-6(10)4-5(7)9-3-2-8-4/h1-8H,(H2,16,18)(H,20,21,22);2*2-6H,1H3,(H2,12,14);1-5H,12H2,(H2,11,14)(H,16,17);2H,1H3,(H2,8,9);2-3H,1H3,(H2,7,9). The molecule has 0 fully saturated rings. The van der Waals surface area contributed by atoms with Gasteiger partial charge >= 0.3 is 23.9 Å². The lowest BCUT2D eigenvalue weighted by Gasteiger charge is -2.05. The molecule has 16 N–H and O–H groups in total. The highest BCUT2D eigenvalue weighted by Gasteiger charge is 2.19. The molecule has 0 spiro atoms. The summed E-state index contributed by atoms with van der Waals surface area (Å²) < 4.78 is 18.4. The van der Waals surface area contributed by atoms with E-state index in [1.165, 1.54) is 65.6 Å². The number of amides is 1. The maximum atomic E-state index is 11.4. The van der Waals surface area contributed by atoms with E-state index in [9.17, 15) is 24.0 Å². The van der Waals surface area contributed by atoms with Crippen LogP contribution in [0.1, 0.15) is 52.4 Å². The van der Waals surface area contributed by atoms with Gasteiger partial charge in [-0.25, -0.2) is 89.8 Å². The molecular weight excluding hydrogens is 1340 g/mol. The van der Waals surface area contributed by atoms with Gasteiger partial charge in [0.15, 0.2) is 74.9 Å². The quantitative estimate of drug-likeness (QED) is 0.0280. The van der Waals surface area contributed by atoms with Gasteiger partial charge in [-0.3, -0.25) is 35.3 Å². The number of pyridine rings is 4. The molecule has 0 saturated heterocycles. The number of nitrogens with one attached hydrogen (secondary N) is 2.